The standard InChI is InChI=1S/C16H21ClO3/c1-3-11-5-4-6-13(7-11)20-16-14(17)8-12(10-18)9-15(16)19-2/h8-11,13H,3-7H2,1-2H3. The first-order chi connectivity index (χ1) is 9.67. The van der Waals surface area contributed by atoms with Crippen LogP contribution in [0.25, 0.3) is 0 Å². The molecule has 1 aromatic carbocycles. The van der Waals surface area contributed by atoms with Gasteiger partial charge in [0.15, 0.2) is 11.5 Å². The largest absolute Gasteiger partial charge is 0.493 e. The van der Waals surface area contributed by atoms with Crippen molar-refractivity contribution in [3.05, 3.63) is 22.7 Å². The Kier molecular flexibility index (Phi) is 5.30. The van der Waals surface area contributed by atoms with Crippen LogP contribution in [0.15, 0.2) is 12.1 Å². The molecule has 0 bridgehead atoms. The number of aldehydes is 1. The zero-order valence-corrected chi connectivity index (χ0v) is 12.8. The maximum Gasteiger partial charge on any atom is 0.180 e. The number of methoxy groups -OCH3 is 1. The normalized spacial score (nSPS) is 22.4. The molecule has 0 spiro atoms. The maximum atomic E-state index is 10.9. The lowest BCUT2D eigenvalue weighted by atomic mass is 9.85. The molecule has 1 aromatic rings. The molecule has 1 fully saturated rings. The number of carbonyl (C=O) groups is 1. The van der Waals surface area contributed by atoms with Gasteiger partial charge in [-0.25, -0.2) is 0 Å². The van der Waals surface area contributed by atoms with E-state index in [1.165, 1.54) is 19.3 Å². The fraction of sp³-hybridized carbons (Fsp3) is 0.562. The van der Waals surface area contributed by atoms with E-state index >= 15 is 0 Å². The number of ether oxygens (including phenoxy) is 2. The Balaban J connectivity index is 2.17. The Bertz CT molecular complexity index is 473. The van der Waals surface area contributed by atoms with Crippen LogP contribution in [0.2, 0.25) is 5.02 Å². The summed E-state index contributed by atoms with van der Waals surface area (Å²) in [5, 5.41) is 0.435. The Labute approximate surface area is 125 Å². The first-order valence-corrected chi connectivity index (χ1v) is 7.55. The maximum absolute atomic E-state index is 10.9. The number of benzene rings is 1. The highest BCUT2D eigenvalue weighted by atomic mass is 35.5. The predicted octanol–water partition coefficient (Wildman–Crippen LogP) is 4.51. The van der Waals surface area contributed by atoms with Gasteiger partial charge in [0.05, 0.1) is 18.2 Å². The molecule has 2 unspecified atom stereocenters. The van der Waals surface area contributed by atoms with Crippen molar-refractivity contribution >= 4 is 17.9 Å². The molecule has 20 heavy (non-hydrogen) atoms. The van der Waals surface area contributed by atoms with E-state index < -0.39 is 0 Å². The Morgan fingerprint density at radius 3 is 2.85 bits per heavy atom. The molecule has 2 atom stereocenters. The third-order valence-corrected chi connectivity index (χ3v) is 4.27. The molecule has 0 radical (unpaired) electrons. The van der Waals surface area contributed by atoms with Gasteiger partial charge < -0.3 is 9.47 Å². The number of carbonyl (C=O) groups excluding carboxylic acids is 1. The molecule has 4 heteroatoms. The monoisotopic (exact) mass is 296 g/mol. The fourth-order valence-electron chi connectivity index (χ4n) is 2.81. The summed E-state index contributed by atoms with van der Waals surface area (Å²) in [6.45, 7) is 2.22. The predicted molar refractivity (Wildman–Crippen MR) is 80.1 cm³/mol. The Morgan fingerprint density at radius 2 is 2.20 bits per heavy atom. The van der Waals surface area contributed by atoms with Crippen LogP contribution in [-0.4, -0.2) is 19.5 Å². The Hall–Kier alpha value is -1.22. The van der Waals surface area contributed by atoms with Crippen LogP contribution in [-0.2, 0) is 0 Å². The first-order valence-electron chi connectivity index (χ1n) is 7.17. The zero-order valence-electron chi connectivity index (χ0n) is 12.0. The van der Waals surface area contributed by atoms with E-state index in [0.717, 1.165) is 25.0 Å². The number of hydrogen-bond donors (Lipinski definition) is 0. The van der Waals surface area contributed by atoms with Crippen LogP contribution in [0.5, 0.6) is 11.5 Å². The molecule has 110 valence electrons. The van der Waals surface area contributed by atoms with Gasteiger partial charge in [0.25, 0.3) is 0 Å². The van der Waals surface area contributed by atoms with Crippen molar-refractivity contribution in [3.63, 3.8) is 0 Å². The van der Waals surface area contributed by atoms with Gasteiger partial charge in [0.2, 0.25) is 0 Å². The van der Waals surface area contributed by atoms with E-state index in [0.29, 0.717) is 22.1 Å². The minimum Gasteiger partial charge on any atom is -0.493 e. The lowest BCUT2D eigenvalue weighted by molar-refractivity contribution is 0.112. The fourth-order valence-corrected chi connectivity index (χ4v) is 3.07. The summed E-state index contributed by atoms with van der Waals surface area (Å²) in [6, 6.07) is 3.28. The van der Waals surface area contributed by atoms with Crippen molar-refractivity contribution < 1.29 is 14.3 Å². The number of hydrogen-bond acceptors (Lipinski definition) is 3. The van der Waals surface area contributed by atoms with Gasteiger partial charge in [-0.15, -0.1) is 0 Å². The molecule has 0 N–H and O–H groups in total. The molecule has 0 saturated heterocycles. The summed E-state index contributed by atoms with van der Waals surface area (Å²) in [6.07, 6.45) is 6.71. The van der Waals surface area contributed by atoms with E-state index in [-0.39, 0.29) is 6.10 Å². The Morgan fingerprint density at radius 1 is 1.40 bits per heavy atom. The molecule has 0 heterocycles. The smallest absolute Gasteiger partial charge is 0.180 e. The van der Waals surface area contributed by atoms with Crippen molar-refractivity contribution in [2.24, 2.45) is 5.92 Å². The lowest BCUT2D eigenvalue weighted by Crippen LogP contribution is -2.25. The average molecular weight is 297 g/mol. The third kappa shape index (κ3) is 3.45. The molecule has 2 rings (SSSR count). The van der Waals surface area contributed by atoms with Crippen LogP contribution in [0, 0.1) is 5.92 Å². The lowest BCUT2D eigenvalue weighted by Gasteiger charge is -2.29. The molecule has 1 saturated carbocycles. The molecule has 0 aromatic heterocycles. The topological polar surface area (TPSA) is 35.5 Å². The van der Waals surface area contributed by atoms with Gasteiger partial charge in [-0.05, 0) is 37.3 Å². The van der Waals surface area contributed by atoms with E-state index in [2.05, 4.69) is 6.92 Å². The minimum absolute atomic E-state index is 0.183. The second-order valence-corrected chi connectivity index (χ2v) is 5.74. The van der Waals surface area contributed by atoms with Crippen molar-refractivity contribution in [3.8, 4) is 11.5 Å². The van der Waals surface area contributed by atoms with Gasteiger partial charge in [0, 0.05) is 5.56 Å². The van der Waals surface area contributed by atoms with Crippen LogP contribution >= 0.6 is 11.6 Å². The van der Waals surface area contributed by atoms with E-state index in [1.54, 1.807) is 19.2 Å². The van der Waals surface area contributed by atoms with E-state index in [9.17, 15) is 4.79 Å². The summed E-state index contributed by atoms with van der Waals surface area (Å²) < 4.78 is 11.4. The third-order valence-electron chi connectivity index (χ3n) is 3.98. The molecule has 3 nitrogen and oxygen atoms in total. The summed E-state index contributed by atoms with van der Waals surface area (Å²) in [5.41, 5.74) is 0.495. The van der Waals surface area contributed by atoms with Crippen molar-refractivity contribution in [2.45, 2.75) is 45.1 Å². The van der Waals surface area contributed by atoms with Gasteiger partial charge >= 0.3 is 0 Å². The van der Waals surface area contributed by atoms with Crippen LogP contribution in [0.4, 0.5) is 0 Å². The minimum atomic E-state index is 0.183. The molecule has 1 aliphatic carbocycles. The van der Waals surface area contributed by atoms with Gasteiger partial charge in [-0.2, -0.15) is 0 Å². The summed E-state index contributed by atoms with van der Waals surface area (Å²) >= 11 is 6.22. The number of halogens is 1. The van der Waals surface area contributed by atoms with E-state index in [1.807, 2.05) is 0 Å². The van der Waals surface area contributed by atoms with Crippen LogP contribution < -0.4 is 9.47 Å². The van der Waals surface area contributed by atoms with Crippen LogP contribution in [0.3, 0.4) is 0 Å². The average Bonchev–Trinajstić information content (AvgIpc) is 2.49. The van der Waals surface area contributed by atoms with E-state index in [4.69, 9.17) is 21.1 Å². The van der Waals surface area contributed by atoms with Crippen LogP contribution in [0.1, 0.15) is 49.4 Å². The van der Waals surface area contributed by atoms with Crippen molar-refractivity contribution in [1.82, 2.24) is 0 Å². The molecule has 1 aliphatic rings. The van der Waals surface area contributed by atoms with Gasteiger partial charge in [-0.1, -0.05) is 31.4 Å². The summed E-state index contributed by atoms with van der Waals surface area (Å²) in [4.78, 5) is 10.9. The summed E-state index contributed by atoms with van der Waals surface area (Å²) in [7, 11) is 1.56. The molecule has 0 amide bonds. The quantitative estimate of drug-likeness (QED) is 0.750. The molecular weight excluding hydrogens is 276 g/mol. The zero-order chi connectivity index (χ0) is 14.5. The highest BCUT2D eigenvalue weighted by Crippen LogP contribution is 2.39. The summed E-state index contributed by atoms with van der Waals surface area (Å²) in [5.74, 6) is 1.81. The first kappa shape index (κ1) is 15.2. The molecular formula is C16H21ClO3. The second kappa shape index (κ2) is 6.98. The highest BCUT2D eigenvalue weighted by molar-refractivity contribution is 6.32. The van der Waals surface area contributed by atoms with Crippen molar-refractivity contribution in [2.75, 3.05) is 7.11 Å². The highest BCUT2D eigenvalue weighted by Gasteiger charge is 2.24. The second-order valence-electron chi connectivity index (χ2n) is 5.33. The van der Waals surface area contributed by atoms with Gasteiger partial charge in [0.1, 0.15) is 6.29 Å². The number of rotatable bonds is 5. The molecule has 0 aliphatic heterocycles. The van der Waals surface area contributed by atoms with Crippen molar-refractivity contribution in [1.29, 1.82) is 0 Å². The van der Waals surface area contributed by atoms with Gasteiger partial charge in [-0.3, -0.25) is 4.79 Å². The SMILES string of the molecule is CCC1CCCC(Oc2c(Cl)cc(C=O)cc2OC)C1.